The number of ether oxygens (including phenoxy) is 1. The zero-order valence-corrected chi connectivity index (χ0v) is 11.6. The minimum Gasteiger partial charge on any atom is -0.364 e. The smallest absolute Gasteiger partial charge is 0.107 e. The Morgan fingerprint density at radius 2 is 1.57 bits per heavy atom. The van der Waals surface area contributed by atoms with Crippen molar-refractivity contribution >= 4 is 32.3 Å². The molecule has 0 spiro atoms. The van der Waals surface area contributed by atoms with Gasteiger partial charge in [-0.2, -0.15) is 0 Å². The van der Waals surface area contributed by atoms with Crippen molar-refractivity contribution in [1.82, 2.24) is 0 Å². The molecule has 0 radical (unpaired) electrons. The van der Waals surface area contributed by atoms with Gasteiger partial charge < -0.3 is 4.74 Å². The first-order valence-electron chi connectivity index (χ1n) is 7.05. The maximum atomic E-state index is 5.56. The van der Waals surface area contributed by atoms with Crippen LogP contribution in [0.5, 0.6) is 0 Å². The molecular weight excluding hydrogens is 256 g/mol. The molecule has 0 aromatic heterocycles. The molecular formula is C20H14O. The topological polar surface area (TPSA) is 9.23 Å². The first-order chi connectivity index (χ1) is 10.4. The quantitative estimate of drug-likeness (QED) is 0.297. The van der Waals surface area contributed by atoms with Crippen LogP contribution in [-0.4, -0.2) is 6.61 Å². The van der Waals surface area contributed by atoms with E-state index in [0.29, 0.717) is 13.2 Å². The minimum atomic E-state index is 0.346. The van der Waals surface area contributed by atoms with Gasteiger partial charge in [-0.3, -0.25) is 0 Å². The van der Waals surface area contributed by atoms with Gasteiger partial charge in [0.15, 0.2) is 0 Å². The van der Waals surface area contributed by atoms with E-state index in [1.807, 2.05) is 0 Å². The second kappa shape index (κ2) is 4.77. The van der Waals surface area contributed by atoms with Gasteiger partial charge in [-0.1, -0.05) is 54.5 Å². The van der Waals surface area contributed by atoms with Crippen LogP contribution >= 0.6 is 0 Å². The molecule has 0 atom stereocenters. The number of rotatable bonds is 3. The summed E-state index contributed by atoms with van der Waals surface area (Å²) < 4.78 is 5.56. The molecule has 4 aromatic carbocycles. The van der Waals surface area contributed by atoms with Crippen LogP contribution in [0.2, 0.25) is 0 Å². The van der Waals surface area contributed by atoms with Crippen LogP contribution < -0.4 is 0 Å². The van der Waals surface area contributed by atoms with Crippen LogP contribution in [0.3, 0.4) is 0 Å². The summed E-state index contributed by atoms with van der Waals surface area (Å²) in [4.78, 5) is 0. The number of hydrogen-bond donors (Lipinski definition) is 0. The summed E-state index contributed by atoms with van der Waals surface area (Å²) in [5.74, 6) is 2.52. The number of terminal acetylenes is 1. The highest BCUT2D eigenvalue weighted by Gasteiger charge is 2.11. The molecule has 4 aromatic rings. The van der Waals surface area contributed by atoms with E-state index in [-0.39, 0.29) is 0 Å². The zero-order chi connectivity index (χ0) is 14.2. The third-order valence-electron chi connectivity index (χ3n) is 4.04. The molecule has 0 N–H and O–H groups in total. The third kappa shape index (κ3) is 1.85. The van der Waals surface area contributed by atoms with Crippen LogP contribution in [0.25, 0.3) is 32.3 Å². The van der Waals surface area contributed by atoms with Crippen molar-refractivity contribution in [1.29, 1.82) is 0 Å². The molecule has 21 heavy (non-hydrogen) atoms. The van der Waals surface area contributed by atoms with Gasteiger partial charge in [0.05, 0.1) is 6.61 Å². The van der Waals surface area contributed by atoms with Crippen LogP contribution in [0.1, 0.15) is 5.56 Å². The van der Waals surface area contributed by atoms with E-state index in [9.17, 15) is 0 Å². The van der Waals surface area contributed by atoms with Gasteiger partial charge in [0, 0.05) is 0 Å². The Morgan fingerprint density at radius 3 is 2.38 bits per heavy atom. The van der Waals surface area contributed by atoms with E-state index >= 15 is 0 Å². The highest BCUT2D eigenvalue weighted by Crippen LogP contribution is 2.36. The van der Waals surface area contributed by atoms with Crippen molar-refractivity contribution < 1.29 is 4.74 Å². The fourth-order valence-corrected chi connectivity index (χ4v) is 3.18. The molecule has 4 rings (SSSR count). The van der Waals surface area contributed by atoms with Gasteiger partial charge in [-0.15, -0.1) is 6.42 Å². The summed E-state index contributed by atoms with van der Waals surface area (Å²) in [6.45, 7) is 0.896. The second-order valence-electron chi connectivity index (χ2n) is 5.28. The van der Waals surface area contributed by atoms with E-state index in [1.54, 1.807) is 0 Å². The van der Waals surface area contributed by atoms with Crippen LogP contribution in [-0.2, 0) is 11.3 Å². The van der Waals surface area contributed by atoms with Crippen molar-refractivity contribution in [2.45, 2.75) is 6.61 Å². The lowest BCUT2D eigenvalue weighted by atomic mass is 9.91. The van der Waals surface area contributed by atoms with Crippen molar-refractivity contribution in [3.63, 3.8) is 0 Å². The Balaban J connectivity index is 2.08. The molecule has 1 heteroatoms. The van der Waals surface area contributed by atoms with Crippen molar-refractivity contribution in [3.8, 4) is 12.3 Å². The summed E-state index contributed by atoms with van der Waals surface area (Å²) in [6.07, 6.45) is 5.26. The van der Waals surface area contributed by atoms with Gasteiger partial charge in [0.25, 0.3) is 0 Å². The van der Waals surface area contributed by atoms with Crippen molar-refractivity contribution in [3.05, 3.63) is 60.2 Å². The average molecular weight is 270 g/mol. The lowest BCUT2D eigenvalue weighted by Crippen LogP contribution is -1.95. The van der Waals surface area contributed by atoms with E-state index < -0.39 is 0 Å². The molecule has 0 amide bonds. The highest BCUT2D eigenvalue weighted by molar-refractivity contribution is 6.23. The maximum Gasteiger partial charge on any atom is 0.107 e. The Morgan fingerprint density at radius 1 is 0.857 bits per heavy atom. The second-order valence-corrected chi connectivity index (χ2v) is 5.28. The molecule has 0 aliphatic heterocycles. The number of hydrogen-bond acceptors (Lipinski definition) is 1. The largest absolute Gasteiger partial charge is 0.364 e. The fourth-order valence-electron chi connectivity index (χ4n) is 3.18. The van der Waals surface area contributed by atoms with Crippen LogP contribution in [0.4, 0.5) is 0 Å². The molecule has 0 heterocycles. The summed E-state index contributed by atoms with van der Waals surface area (Å²) in [7, 11) is 0. The first-order valence-corrected chi connectivity index (χ1v) is 7.05. The molecule has 0 aliphatic rings. The average Bonchev–Trinajstić information content (AvgIpc) is 2.53. The van der Waals surface area contributed by atoms with E-state index in [0.717, 1.165) is 0 Å². The molecule has 100 valence electrons. The lowest BCUT2D eigenvalue weighted by Gasteiger charge is -2.14. The van der Waals surface area contributed by atoms with E-state index in [1.165, 1.54) is 37.9 Å². The number of benzene rings is 4. The predicted molar refractivity (Wildman–Crippen MR) is 88.6 cm³/mol. The Kier molecular flexibility index (Phi) is 2.77. The summed E-state index contributed by atoms with van der Waals surface area (Å²) in [6, 6.07) is 19.5. The Hall–Kier alpha value is -2.56. The fraction of sp³-hybridized carbons (Fsp3) is 0.100. The molecule has 0 aliphatic carbocycles. The van der Waals surface area contributed by atoms with E-state index in [2.05, 4.69) is 60.5 Å². The summed E-state index contributed by atoms with van der Waals surface area (Å²) in [5, 5.41) is 7.74. The SMILES string of the molecule is C#CCOCc1cc2cccc3ccc4cccc1c4c32. The summed E-state index contributed by atoms with van der Waals surface area (Å²) >= 11 is 0. The minimum absolute atomic E-state index is 0.346. The maximum absolute atomic E-state index is 5.56. The van der Waals surface area contributed by atoms with Gasteiger partial charge in [-0.25, -0.2) is 0 Å². The highest BCUT2D eigenvalue weighted by atomic mass is 16.5. The zero-order valence-electron chi connectivity index (χ0n) is 11.6. The molecule has 0 saturated heterocycles. The van der Waals surface area contributed by atoms with E-state index in [4.69, 9.17) is 11.2 Å². The first kappa shape index (κ1) is 12.2. The van der Waals surface area contributed by atoms with Gasteiger partial charge in [0.2, 0.25) is 0 Å². The van der Waals surface area contributed by atoms with Gasteiger partial charge >= 0.3 is 0 Å². The normalized spacial score (nSPS) is 11.4. The lowest BCUT2D eigenvalue weighted by molar-refractivity contribution is 0.154. The van der Waals surface area contributed by atoms with Crippen molar-refractivity contribution in [2.24, 2.45) is 0 Å². The Bertz CT molecular complexity index is 976. The van der Waals surface area contributed by atoms with Gasteiger partial charge in [0.1, 0.15) is 6.61 Å². The summed E-state index contributed by atoms with van der Waals surface area (Å²) in [5.41, 5.74) is 1.20. The monoisotopic (exact) mass is 270 g/mol. The predicted octanol–water partition coefficient (Wildman–Crippen LogP) is 4.73. The molecule has 0 fully saturated rings. The molecule has 0 bridgehead atoms. The standard InChI is InChI=1S/C20H14O/c1-2-11-21-13-17-12-16-7-3-5-14-9-10-15-6-4-8-18(17)20(15)19(14)16/h1,3-10,12H,11,13H2. The Labute approximate surface area is 123 Å². The van der Waals surface area contributed by atoms with Crippen LogP contribution in [0, 0.1) is 12.3 Å². The van der Waals surface area contributed by atoms with Crippen LogP contribution in [0.15, 0.2) is 54.6 Å². The molecule has 0 unspecified atom stereocenters. The molecule has 0 saturated carbocycles. The molecule has 1 nitrogen and oxygen atoms in total. The third-order valence-corrected chi connectivity index (χ3v) is 4.04. The van der Waals surface area contributed by atoms with Crippen molar-refractivity contribution in [2.75, 3.05) is 6.61 Å². The van der Waals surface area contributed by atoms with Gasteiger partial charge in [-0.05, 0) is 43.9 Å².